The van der Waals surface area contributed by atoms with Gasteiger partial charge in [0.2, 0.25) is 5.95 Å². The highest BCUT2D eigenvalue weighted by molar-refractivity contribution is 5.29. The molecule has 0 radical (unpaired) electrons. The van der Waals surface area contributed by atoms with E-state index >= 15 is 0 Å². The number of ether oxygens (including phenoxy) is 1. The lowest BCUT2D eigenvalue weighted by Crippen LogP contribution is -2.21. The maximum absolute atomic E-state index is 5.40. The van der Waals surface area contributed by atoms with Crippen molar-refractivity contribution in [1.82, 2.24) is 9.55 Å². The molecule has 0 aliphatic rings. The van der Waals surface area contributed by atoms with Gasteiger partial charge in [0.05, 0.1) is 5.69 Å². The first-order valence-electron chi connectivity index (χ1n) is 7.94. The lowest BCUT2D eigenvalue weighted by molar-refractivity contribution is 0.142. The van der Waals surface area contributed by atoms with E-state index in [1.807, 2.05) is 13.8 Å². The first-order valence-corrected chi connectivity index (χ1v) is 7.94. The van der Waals surface area contributed by atoms with Gasteiger partial charge in [-0.05, 0) is 39.5 Å². The Hall–Kier alpha value is -1.03. The number of anilines is 1. The molecule has 116 valence electrons. The molecule has 0 bridgehead atoms. The smallest absolute Gasteiger partial charge is 0.203 e. The summed E-state index contributed by atoms with van der Waals surface area (Å²) in [7, 11) is 0. The van der Waals surface area contributed by atoms with Gasteiger partial charge in [-0.2, -0.15) is 0 Å². The van der Waals surface area contributed by atoms with Crippen molar-refractivity contribution >= 4 is 5.95 Å². The van der Waals surface area contributed by atoms with Gasteiger partial charge in [0.1, 0.15) is 0 Å². The van der Waals surface area contributed by atoms with E-state index in [1.165, 1.54) is 12.8 Å². The summed E-state index contributed by atoms with van der Waals surface area (Å²) in [5, 5.41) is 3.55. The lowest BCUT2D eigenvalue weighted by atomic mass is 10.0. The molecule has 1 heterocycles. The predicted octanol–water partition coefficient (Wildman–Crippen LogP) is 3.85. The van der Waals surface area contributed by atoms with Crippen LogP contribution in [0, 0.1) is 12.8 Å². The number of nitrogens with one attached hydrogen (secondary N) is 1. The molecule has 0 aliphatic carbocycles. The Morgan fingerprint density at radius 2 is 2.10 bits per heavy atom. The van der Waals surface area contributed by atoms with E-state index in [2.05, 4.69) is 41.8 Å². The number of aromatic nitrogens is 2. The minimum Gasteiger partial charge on any atom is -0.382 e. The minimum absolute atomic E-state index is 0.456. The summed E-state index contributed by atoms with van der Waals surface area (Å²) in [6.45, 7) is 13.4. The highest BCUT2D eigenvalue weighted by atomic mass is 16.5. The summed E-state index contributed by atoms with van der Waals surface area (Å²) in [5.41, 5.74) is 1.07. The molecule has 2 atom stereocenters. The van der Waals surface area contributed by atoms with E-state index in [-0.39, 0.29) is 0 Å². The van der Waals surface area contributed by atoms with Gasteiger partial charge in [0, 0.05) is 32.0 Å². The quantitative estimate of drug-likeness (QED) is 0.662. The number of imidazole rings is 1. The maximum atomic E-state index is 5.40. The third kappa shape index (κ3) is 5.95. The lowest BCUT2D eigenvalue weighted by Gasteiger charge is -2.19. The average molecular weight is 281 g/mol. The average Bonchev–Trinajstić information content (AvgIpc) is 2.74. The zero-order valence-corrected chi connectivity index (χ0v) is 13.8. The molecule has 20 heavy (non-hydrogen) atoms. The Morgan fingerprint density at radius 1 is 1.35 bits per heavy atom. The van der Waals surface area contributed by atoms with Crippen LogP contribution in [0.15, 0.2) is 6.20 Å². The van der Waals surface area contributed by atoms with Crippen LogP contribution in [0.5, 0.6) is 0 Å². The molecule has 0 amide bonds. The van der Waals surface area contributed by atoms with Crippen LogP contribution in [0.4, 0.5) is 5.95 Å². The molecule has 2 unspecified atom stereocenters. The van der Waals surface area contributed by atoms with E-state index in [9.17, 15) is 0 Å². The molecule has 1 rings (SSSR count). The summed E-state index contributed by atoms with van der Waals surface area (Å²) in [4.78, 5) is 4.59. The van der Waals surface area contributed by atoms with E-state index in [1.54, 1.807) is 0 Å². The summed E-state index contributed by atoms with van der Waals surface area (Å²) in [6.07, 6.45) is 5.55. The van der Waals surface area contributed by atoms with E-state index in [0.29, 0.717) is 6.04 Å². The number of aryl methyl sites for hydroxylation is 2. The Kier molecular flexibility index (Phi) is 7.67. The molecule has 0 fully saturated rings. The Morgan fingerprint density at radius 3 is 2.75 bits per heavy atom. The molecular weight excluding hydrogens is 250 g/mol. The van der Waals surface area contributed by atoms with Gasteiger partial charge < -0.3 is 14.6 Å². The summed E-state index contributed by atoms with van der Waals surface area (Å²) >= 11 is 0. The molecule has 0 aliphatic heterocycles. The number of rotatable bonds is 10. The van der Waals surface area contributed by atoms with Crippen LogP contribution < -0.4 is 5.32 Å². The SMILES string of the molecule is CCOCCCn1cc(C)nc1NC(C)CC(C)CC. The summed E-state index contributed by atoms with van der Waals surface area (Å²) < 4.78 is 7.61. The first-order chi connectivity index (χ1) is 9.56. The highest BCUT2D eigenvalue weighted by Gasteiger charge is 2.11. The van der Waals surface area contributed by atoms with Crippen molar-refractivity contribution in [3.05, 3.63) is 11.9 Å². The van der Waals surface area contributed by atoms with Crippen LogP contribution in [0.3, 0.4) is 0 Å². The van der Waals surface area contributed by atoms with Crippen LogP contribution >= 0.6 is 0 Å². The van der Waals surface area contributed by atoms with Crippen molar-refractivity contribution in [3.8, 4) is 0 Å². The van der Waals surface area contributed by atoms with Crippen molar-refractivity contribution < 1.29 is 4.74 Å². The van der Waals surface area contributed by atoms with Gasteiger partial charge in [-0.1, -0.05) is 20.3 Å². The molecule has 1 N–H and O–H groups in total. The Bertz CT molecular complexity index is 376. The number of hydrogen-bond acceptors (Lipinski definition) is 3. The minimum atomic E-state index is 0.456. The maximum Gasteiger partial charge on any atom is 0.203 e. The largest absolute Gasteiger partial charge is 0.382 e. The van der Waals surface area contributed by atoms with Crippen LogP contribution in [-0.2, 0) is 11.3 Å². The fourth-order valence-corrected chi connectivity index (χ4v) is 2.36. The molecule has 0 aromatic carbocycles. The van der Waals surface area contributed by atoms with Gasteiger partial charge in [-0.25, -0.2) is 4.98 Å². The fraction of sp³-hybridized carbons (Fsp3) is 0.812. The summed E-state index contributed by atoms with van der Waals surface area (Å²) in [5.74, 6) is 1.75. The summed E-state index contributed by atoms with van der Waals surface area (Å²) in [6, 6.07) is 0.456. The molecule has 4 heteroatoms. The van der Waals surface area contributed by atoms with Crippen molar-refractivity contribution in [2.24, 2.45) is 5.92 Å². The van der Waals surface area contributed by atoms with Crippen LogP contribution in [-0.4, -0.2) is 28.8 Å². The zero-order valence-electron chi connectivity index (χ0n) is 13.8. The standard InChI is InChI=1S/C16H31N3O/c1-6-13(3)11-14(4)17-16-18-15(5)12-19(16)9-8-10-20-7-2/h12-14H,6-11H2,1-5H3,(H,17,18). The van der Waals surface area contributed by atoms with Gasteiger partial charge in [-0.15, -0.1) is 0 Å². The van der Waals surface area contributed by atoms with Crippen molar-refractivity contribution in [1.29, 1.82) is 0 Å². The normalized spacial score (nSPS) is 14.2. The molecule has 0 saturated heterocycles. The predicted molar refractivity (Wildman–Crippen MR) is 85.2 cm³/mol. The Labute approximate surface area is 123 Å². The number of nitrogens with zero attached hydrogens (tertiary/aromatic N) is 2. The zero-order chi connectivity index (χ0) is 15.0. The fourth-order valence-electron chi connectivity index (χ4n) is 2.36. The second-order valence-electron chi connectivity index (χ2n) is 5.74. The monoisotopic (exact) mass is 281 g/mol. The highest BCUT2D eigenvalue weighted by Crippen LogP contribution is 2.15. The topological polar surface area (TPSA) is 39.1 Å². The molecular formula is C16H31N3O. The molecule has 1 aromatic heterocycles. The van der Waals surface area contributed by atoms with Crippen molar-refractivity contribution in [2.75, 3.05) is 18.5 Å². The molecule has 4 nitrogen and oxygen atoms in total. The van der Waals surface area contributed by atoms with Crippen LogP contribution in [0.1, 0.15) is 52.7 Å². The van der Waals surface area contributed by atoms with Crippen LogP contribution in [0.2, 0.25) is 0 Å². The molecule has 1 aromatic rings. The number of hydrogen-bond donors (Lipinski definition) is 1. The van der Waals surface area contributed by atoms with E-state index < -0.39 is 0 Å². The Balaban J connectivity index is 2.51. The van der Waals surface area contributed by atoms with Crippen LogP contribution in [0.25, 0.3) is 0 Å². The van der Waals surface area contributed by atoms with E-state index in [0.717, 1.165) is 43.7 Å². The van der Waals surface area contributed by atoms with Gasteiger partial charge in [0.25, 0.3) is 0 Å². The van der Waals surface area contributed by atoms with E-state index in [4.69, 9.17) is 4.74 Å². The van der Waals surface area contributed by atoms with Crippen molar-refractivity contribution in [3.63, 3.8) is 0 Å². The van der Waals surface area contributed by atoms with Gasteiger partial charge >= 0.3 is 0 Å². The third-order valence-electron chi connectivity index (χ3n) is 3.62. The third-order valence-corrected chi connectivity index (χ3v) is 3.62. The molecule has 0 spiro atoms. The van der Waals surface area contributed by atoms with Crippen molar-refractivity contribution in [2.45, 2.75) is 66.5 Å². The second kappa shape index (κ2) is 9.01. The second-order valence-corrected chi connectivity index (χ2v) is 5.74. The first kappa shape index (κ1) is 17.0. The van der Waals surface area contributed by atoms with Gasteiger partial charge in [0.15, 0.2) is 0 Å². The molecule has 0 saturated carbocycles. The van der Waals surface area contributed by atoms with Gasteiger partial charge in [-0.3, -0.25) is 0 Å².